The van der Waals surface area contributed by atoms with E-state index in [4.69, 9.17) is 4.74 Å². The van der Waals surface area contributed by atoms with Gasteiger partial charge in [-0.3, -0.25) is 0 Å². The summed E-state index contributed by atoms with van der Waals surface area (Å²) in [5, 5.41) is 2.62. The van der Waals surface area contributed by atoms with Gasteiger partial charge in [0.1, 0.15) is 0 Å². The first kappa shape index (κ1) is 13.5. The lowest BCUT2D eigenvalue weighted by atomic mass is 9.85. The molecule has 2 aliphatic heterocycles. The molecule has 1 spiro atoms. The van der Waals surface area contributed by atoms with Crippen molar-refractivity contribution in [1.29, 1.82) is 0 Å². The van der Waals surface area contributed by atoms with Crippen molar-refractivity contribution in [3.05, 3.63) is 0 Å². The van der Waals surface area contributed by atoms with Crippen LogP contribution in [0, 0.1) is 0 Å². The second kappa shape index (κ2) is 5.36. The molecule has 2 aliphatic rings. The van der Waals surface area contributed by atoms with Crippen LogP contribution in [0.25, 0.3) is 0 Å². The Balaban J connectivity index is 1.84. The molecule has 2 saturated heterocycles. The van der Waals surface area contributed by atoms with Crippen LogP contribution in [0.1, 0.15) is 25.7 Å². The van der Waals surface area contributed by atoms with Crippen molar-refractivity contribution in [3.63, 3.8) is 0 Å². The highest BCUT2D eigenvalue weighted by Crippen LogP contribution is 2.37. The second-order valence-corrected chi connectivity index (χ2v) is 6.05. The second-order valence-electron chi connectivity index (χ2n) is 4.83. The summed E-state index contributed by atoms with van der Waals surface area (Å²) in [6.07, 6.45) is -0.758. The van der Waals surface area contributed by atoms with Gasteiger partial charge in [0, 0.05) is 12.6 Å². The molecule has 2 rings (SSSR count). The summed E-state index contributed by atoms with van der Waals surface area (Å²) in [5.74, 6) is 2.12. The van der Waals surface area contributed by atoms with Crippen molar-refractivity contribution in [2.45, 2.75) is 43.5 Å². The van der Waals surface area contributed by atoms with Gasteiger partial charge in [0.2, 0.25) is 0 Å². The molecule has 2 heterocycles. The monoisotopic (exact) mass is 269 g/mol. The standard InChI is InChI=1S/C11H18F3NOS/c12-11(13,14)8-15-9-1-4-16-10(7-9)2-5-17-6-3-10/h9,15H,1-8H2. The van der Waals surface area contributed by atoms with E-state index in [9.17, 15) is 13.2 Å². The first-order valence-electron chi connectivity index (χ1n) is 6.01. The van der Waals surface area contributed by atoms with Crippen LogP contribution in [-0.4, -0.2) is 42.5 Å². The first-order chi connectivity index (χ1) is 7.99. The Morgan fingerprint density at radius 2 is 2.00 bits per heavy atom. The maximum atomic E-state index is 12.1. The van der Waals surface area contributed by atoms with Crippen molar-refractivity contribution in [2.24, 2.45) is 0 Å². The molecule has 17 heavy (non-hydrogen) atoms. The molecule has 2 fully saturated rings. The maximum Gasteiger partial charge on any atom is 0.401 e. The molecule has 0 aromatic rings. The molecule has 1 unspecified atom stereocenters. The molecule has 0 radical (unpaired) electrons. The quantitative estimate of drug-likeness (QED) is 0.832. The van der Waals surface area contributed by atoms with Crippen LogP contribution in [0.5, 0.6) is 0 Å². The number of hydrogen-bond donors (Lipinski definition) is 1. The summed E-state index contributed by atoms with van der Waals surface area (Å²) in [6.45, 7) is -0.303. The van der Waals surface area contributed by atoms with Crippen molar-refractivity contribution in [1.82, 2.24) is 5.32 Å². The largest absolute Gasteiger partial charge is 0.401 e. The number of hydrogen-bond acceptors (Lipinski definition) is 3. The van der Waals surface area contributed by atoms with Gasteiger partial charge in [-0.1, -0.05) is 0 Å². The highest BCUT2D eigenvalue weighted by atomic mass is 32.2. The molecule has 6 heteroatoms. The molecular weight excluding hydrogens is 251 g/mol. The van der Waals surface area contributed by atoms with Gasteiger partial charge in [-0.2, -0.15) is 24.9 Å². The zero-order valence-corrected chi connectivity index (χ0v) is 10.5. The number of halogens is 3. The molecule has 1 atom stereocenters. The number of thioether (sulfide) groups is 1. The van der Waals surface area contributed by atoms with Crippen molar-refractivity contribution >= 4 is 11.8 Å². The van der Waals surface area contributed by atoms with Crippen molar-refractivity contribution in [3.8, 4) is 0 Å². The zero-order valence-electron chi connectivity index (χ0n) is 9.68. The summed E-state index contributed by atoms with van der Waals surface area (Å²) in [6, 6.07) is -0.0477. The third-order valence-corrected chi connectivity index (χ3v) is 4.47. The van der Waals surface area contributed by atoms with Crippen LogP contribution in [0.2, 0.25) is 0 Å². The predicted molar refractivity (Wildman–Crippen MR) is 62.3 cm³/mol. The third-order valence-electron chi connectivity index (χ3n) is 3.49. The highest BCUT2D eigenvalue weighted by molar-refractivity contribution is 7.99. The van der Waals surface area contributed by atoms with Gasteiger partial charge in [0.05, 0.1) is 12.1 Å². The van der Waals surface area contributed by atoms with E-state index >= 15 is 0 Å². The Morgan fingerprint density at radius 1 is 1.29 bits per heavy atom. The average molecular weight is 269 g/mol. The van der Waals surface area contributed by atoms with Gasteiger partial charge in [-0.15, -0.1) is 0 Å². The fourth-order valence-corrected chi connectivity index (χ4v) is 3.79. The van der Waals surface area contributed by atoms with Crippen LogP contribution >= 0.6 is 11.8 Å². The van der Waals surface area contributed by atoms with Gasteiger partial charge >= 0.3 is 6.18 Å². The summed E-state index contributed by atoms with van der Waals surface area (Å²) in [4.78, 5) is 0. The molecule has 0 bridgehead atoms. The van der Waals surface area contributed by atoms with E-state index in [0.29, 0.717) is 13.0 Å². The summed E-state index contributed by atoms with van der Waals surface area (Å²) < 4.78 is 42.3. The predicted octanol–water partition coefficient (Wildman–Crippen LogP) is 2.58. The average Bonchev–Trinajstić information content (AvgIpc) is 2.27. The Hall–Kier alpha value is 0.0600. The van der Waals surface area contributed by atoms with E-state index in [0.717, 1.165) is 30.8 Å². The smallest absolute Gasteiger partial charge is 0.375 e. The summed E-state index contributed by atoms with van der Waals surface area (Å²) in [5.41, 5.74) is -0.146. The minimum absolute atomic E-state index is 0.0477. The Kier molecular flexibility index (Phi) is 4.26. The Morgan fingerprint density at radius 3 is 2.65 bits per heavy atom. The van der Waals surface area contributed by atoms with E-state index in [1.807, 2.05) is 11.8 Å². The van der Waals surface area contributed by atoms with Gasteiger partial charge in [-0.25, -0.2) is 0 Å². The van der Waals surface area contributed by atoms with Crippen LogP contribution < -0.4 is 5.32 Å². The van der Waals surface area contributed by atoms with Gasteiger partial charge in [0.25, 0.3) is 0 Å². The molecule has 1 N–H and O–H groups in total. The number of nitrogens with one attached hydrogen (secondary N) is 1. The minimum atomic E-state index is -4.12. The molecule has 0 saturated carbocycles. The summed E-state index contributed by atoms with van der Waals surface area (Å²) >= 11 is 1.90. The number of alkyl halides is 3. The molecule has 0 aromatic carbocycles. The van der Waals surface area contributed by atoms with Crippen LogP contribution in [0.15, 0.2) is 0 Å². The Labute approximate surface area is 104 Å². The fraction of sp³-hybridized carbons (Fsp3) is 1.00. The number of ether oxygens (including phenoxy) is 1. The van der Waals surface area contributed by atoms with Gasteiger partial charge in [0.15, 0.2) is 0 Å². The zero-order chi connectivity index (χ0) is 12.4. The lowest BCUT2D eigenvalue weighted by Crippen LogP contribution is -2.50. The molecule has 0 aliphatic carbocycles. The molecule has 0 aromatic heterocycles. The highest BCUT2D eigenvalue weighted by Gasteiger charge is 2.39. The molecule has 100 valence electrons. The maximum absolute atomic E-state index is 12.1. The Bertz CT molecular complexity index is 248. The first-order valence-corrected chi connectivity index (χ1v) is 7.16. The van der Waals surface area contributed by atoms with Crippen LogP contribution in [0.4, 0.5) is 13.2 Å². The van der Waals surface area contributed by atoms with Crippen molar-refractivity contribution in [2.75, 3.05) is 24.7 Å². The molecular formula is C11H18F3NOS. The SMILES string of the molecule is FC(F)(F)CNC1CCOC2(CCSCC2)C1. The molecule has 2 nitrogen and oxygen atoms in total. The van der Waals surface area contributed by atoms with E-state index < -0.39 is 12.7 Å². The van der Waals surface area contributed by atoms with Crippen molar-refractivity contribution < 1.29 is 17.9 Å². The molecule has 0 amide bonds. The van der Waals surface area contributed by atoms with Crippen LogP contribution in [0.3, 0.4) is 0 Å². The van der Waals surface area contributed by atoms with E-state index in [-0.39, 0.29) is 11.6 Å². The minimum Gasteiger partial charge on any atom is -0.375 e. The van der Waals surface area contributed by atoms with Crippen LogP contribution in [-0.2, 0) is 4.74 Å². The topological polar surface area (TPSA) is 21.3 Å². The number of rotatable bonds is 2. The fourth-order valence-electron chi connectivity index (χ4n) is 2.55. The third kappa shape index (κ3) is 4.03. The normalized spacial score (nSPS) is 29.5. The summed E-state index contributed by atoms with van der Waals surface area (Å²) in [7, 11) is 0. The van der Waals surface area contributed by atoms with E-state index in [2.05, 4.69) is 5.32 Å². The lowest BCUT2D eigenvalue weighted by Gasteiger charge is -2.43. The van der Waals surface area contributed by atoms with Gasteiger partial charge in [-0.05, 0) is 37.2 Å². The van der Waals surface area contributed by atoms with Gasteiger partial charge < -0.3 is 10.1 Å². The van der Waals surface area contributed by atoms with E-state index in [1.165, 1.54) is 0 Å². The van der Waals surface area contributed by atoms with E-state index in [1.54, 1.807) is 0 Å². The lowest BCUT2D eigenvalue weighted by molar-refractivity contribution is -0.134.